The van der Waals surface area contributed by atoms with Crippen LogP contribution in [0.1, 0.15) is 19.4 Å². The van der Waals surface area contributed by atoms with E-state index in [0.717, 1.165) is 5.56 Å². The van der Waals surface area contributed by atoms with Gasteiger partial charge in [-0.1, -0.05) is 31.5 Å². The van der Waals surface area contributed by atoms with Gasteiger partial charge in [0.1, 0.15) is 11.1 Å². The van der Waals surface area contributed by atoms with Crippen molar-refractivity contribution in [2.45, 2.75) is 25.7 Å². The van der Waals surface area contributed by atoms with Crippen molar-refractivity contribution in [3.05, 3.63) is 47.1 Å². The fourth-order valence-electron chi connectivity index (χ4n) is 2.51. The van der Waals surface area contributed by atoms with Crippen LogP contribution in [0.2, 0.25) is 5.02 Å². The summed E-state index contributed by atoms with van der Waals surface area (Å²) in [5.74, 6) is 0.292. The van der Waals surface area contributed by atoms with Gasteiger partial charge in [0, 0.05) is 29.9 Å². The number of H-pyrrole nitrogens is 1. The molecule has 0 bridgehead atoms. The van der Waals surface area contributed by atoms with Crippen molar-refractivity contribution in [2.24, 2.45) is 0 Å². The van der Waals surface area contributed by atoms with Crippen LogP contribution in [0.15, 0.2) is 41.4 Å². The fourth-order valence-corrected chi connectivity index (χ4v) is 4.11. The molecular weight excluding hydrogens is 388 g/mol. The summed E-state index contributed by atoms with van der Waals surface area (Å²) in [7, 11) is -3.52. The van der Waals surface area contributed by atoms with Gasteiger partial charge in [-0.2, -0.15) is 4.31 Å². The molecule has 2 rings (SSSR count). The summed E-state index contributed by atoms with van der Waals surface area (Å²) in [5.41, 5.74) is 1.45. The highest BCUT2D eigenvalue weighted by Crippen LogP contribution is 2.22. The molecular formula is C18H24ClN4O3S+. The number of halogens is 1. The fraction of sp³-hybridized carbons (Fsp3) is 0.333. The smallest absolute Gasteiger partial charge is 0.272 e. The average Bonchev–Trinajstić information content (AvgIpc) is 2.65. The van der Waals surface area contributed by atoms with Gasteiger partial charge in [0.2, 0.25) is 10.0 Å². The van der Waals surface area contributed by atoms with Gasteiger partial charge >= 0.3 is 0 Å². The van der Waals surface area contributed by atoms with Crippen molar-refractivity contribution in [3.63, 3.8) is 0 Å². The molecule has 0 unspecified atom stereocenters. The molecule has 1 aromatic carbocycles. The van der Waals surface area contributed by atoms with E-state index >= 15 is 0 Å². The predicted molar refractivity (Wildman–Crippen MR) is 106 cm³/mol. The summed E-state index contributed by atoms with van der Waals surface area (Å²) in [6.45, 7) is 6.24. The minimum Gasteiger partial charge on any atom is -0.322 e. The van der Waals surface area contributed by atoms with Gasteiger partial charge in [-0.15, -0.1) is 0 Å². The number of sulfonamides is 1. The molecule has 9 heteroatoms. The number of nitrogens with zero attached hydrogens (tertiary/aromatic N) is 1. The van der Waals surface area contributed by atoms with E-state index in [4.69, 9.17) is 11.6 Å². The van der Waals surface area contributed by atoms with Crippen LogP contribution >= 0.6 is 11.6 Å². The summed E-state index contributed by atoms with van der Waals surface area (Å²) >= 11 is 6.04. The summed E-state index contributed by atoms with van der Waals surface area (Å²) < 4.78 is 26.3. The number of aromatic amines is 1. The van der Waals surface area contributed by atoms with E-state index in [1.807, 2.05) is 6.92 Å². The molecule has 0 saturated heterocycles. The monoisotopic (exact) mass is 411 g/mol. The largest absolute Gasteiger partial charge is 0.322 e. The molecule has 0 aliphatic carbocycles. The number of hydrogen-bond acceptors (Lipinski definition) is 4. The van der Waals surface area contributed by atoms with E-state index < -0.39 is 10.0 Å². The molecule has 0 aliphatic heterocycles. The molecule has 1 amide bonds. The standard InChI is InChI=1S/C18H23ClN4O3S/c1-4-23(5-2)27(25,26)14-9-10-17(20-11-14)21-12-18(24)22-16-8-6-7-15(19)13(16)3/h6-11H,4-5,12H2,1-3H3,(H,20,21)(H,22,24)/p+1. The van der Waals surface area contributed by atoms with Crippen LogP contribution in [0.4, 0.5) is 11.5 Å². The zero-order valence-corrected chi connectivity index (χ0v) is 17.1. The van der Waals surface area contributed by atoms with Crippen LogP contribution in [0.25, 0.3) is 0 Å². The Hall–Kier alpha value is -2.16. The number of anilines is 2. The first-order valence-corrected chi connectivity index (χ1v) is 10.4. The molecule has 2 aromatic rings. The number of rotatable bonds is 8. The Morgan fingerprint density at radius 2 is 1.89 bits per heavy atom. The minimum absolute atomic E-state index is 0.0184. The number of pyridine rings is 1. The third-order valence-electron chi connectivity index (χ3n) is 4.11. The molecule has 0 aliphatic rings. The van der Waals surface area contributed by atoms with Gasteiger partial charge in [0.15, 0.2) is 6.54 Å². The quantitative estimate of drug-likeness (QED) is 0.698. The highest BCUT2D eigenvalue weighted by molar-refractivity contribution is 7.89. The molecule has 0 radical (unpaired) electrons. The number of carbonyl (C=O) groups excluding carboxylic acids is 1. The summed E-state index contributed by atoms with van der Waals surface area (Å²) in [6, 6.07) is 8.40. The molecule has 0 spiro atoms. The Morgan fingerprint density at radius 3 is 2.48 bits per heavy atom. The van der Waals surface area contributed by atoms with Crippen LogP contribution in [0.5, 0.6) is 0 Å². The van der Waals surface area contributed by atoms with E-state index in [1.165, 1.54) is 16.6 Å². The molecule has 0 fully saturated rings. The first-order chi connectivity index (χ1) is 12.8. The van der Waals surface area contributed by atoms with Crippen molar-refractivity contribution in [2.75, 3.05) is 30.3 Å². The number of aromatic nitrogens is 1. The van der Waals surface area contributed by atoms with Crippen LogP contribution in [0, 0.1) is 6.92 Å². The number of carbonyl (C=O) groups is 1. The second-order valence-electron chi connectivity index (χ2n) is 5.84. The molecule has 1 heterocycles. The Morgan fingerprint density at radius 1 is 1.19 bits per heavy atom. The lowest BCUT2D eigenvalue weighted by Gasteiger charge is -2.17. The average molecular weight is 412 g/mol. The van der Waals surface area contributed by atoms with E-state index in [0.29, 0.717) is 29.6 Å². The SMILES string of the molecule is CCN(CC)S(=O)(=O)c1ccc(NCC(=O)Nc2cccc(Cl)c2C)[nH+]c1. The second-order valence-corrected chi connectivity index (χ2v) is 8.19. The molecule has 3 N–H and O–H groups in total. The van der Waals surface area contributed by atoms with Crippen LogP contribution in [0.3, 0.4) is 0 Å². The number of benzene rings is 1. The molecule has 0 saturated carbocycles. The van der Waals surface area contributed by atoms with Gasteiger partial charge in [-0.05, 0) is 30.7 Å². The van der Waals surface area contributed by atoms with Gasteiger partial charge < -0.3 is 5.32 Å². The normalized spacial score (nSPS) is 11.4. The Labute approximate surface area is 164 Å². The summed E-state index contributed by atoms with van der Waals surface area (Å²) in [6.07, 6.45) is 1.41. The number of hydrogen-bond donors (Lipinski definition) is 2. The Kier molecular flexibility index (Phi) is 7.18. The van der Waals surface area contributed by atoms with Crippen molar-refractivity contribution in [1.82, 2.24) is 4.31 Å². The second kappa shape index (κ2) is 9.16. The summed E-state index contributed by atoms with van der Waals surface area (Å²) in [4.78, 5) is 15.2. The van der Waals surface area contributed by atoms with E-state index in [1.54, 1.807) is 38.1 Å². The van der Waals surface area contributed by atoms with E-state index in [2.05, 4.69) is 15.6 Å². The third-order valence-corrected chi connectivity index (χ3v) is 6.56. The molecule has 0 atom stereocenters. The van der Waals surface area contributed by atoms with Crippen LogP contribution in [-0.4, -0.2) is 38.3 Å². The maximum Gasteiger partial charge on any atom is 0.272 e. The maximum absolute atomic E-state index is 12.4. The van der Waals surface area contributed by atoms with Gasteiger partial charge in [0.25, 0.3) is 11.7 Å². The number of nitrogens with one attached hydrogen (secondary N) is 3. The highest BCUT2D eigenvalue weighted by Gasteiger charge is 2.23. The lowest BCUT2D eigenvalue weighted by atomic mass is 10.2. The number of amides is 1. The van der Waals surface area contributed by atoms with Gasteiger partial charge in [0.05, 0.1) is 0 Å². The Bertz CT molecular complexity index is 897. The van der Waals surface area contributed by atoms with Gasteiger partial charge in [-0.3, -0.25) is 10.1 Å². The molecule has 1 aromatic heterocycles. The lowest BCUT2D eigenvalue weighted by molar-refractivity contribution is -0.364. The molecule has 7 nitrogen and oxygen atoms in total. The lowest BCUT2D eigenvalue weighted by Crippen LogP contribution is -2.31. The molecule has 27 heavy (non-hydrogen) atoms. The van der Waals surface area contributed by atoms with Crippen molar-refractivity contribution in [3.8, 4) is 0 Å². The zero-order chi connectivity index (χ0) is 20.0. The first-order valence-electron chi connectivity index (χ1n) is 8.60. The Balaban J connectivity index is 1.99. The highest BCUT2D eigenvalue weighted by atomic mass is 35.5. The van der Waals surface area contributed by atoms with E-state index in [-0.39, 0.29) is 17.3 Å². The van der Waals surface area contributed by atoms with Crippen molar-refractivity contribution < 1.29 is 18.2 Å². The first kappa shape index (κ1) is 21.1. The topological polar surface area (TPSA) is 92.7 Å². The summed E-state index contributed by atoms with van der Waals surface area (Å²) in [5, 5.41) is 6.29. The van der Waals surface area contributed by atoms with Crippen LogP contribution in [-0.2, 0) is 14.8 Å². The molecule has 146 valence electrons. The van der Waals surface area contributed by atoms with E-state index in [9.17, 15) is 13.2 Å². The van der Waals surface area contributed by atoms with Crippen LogP contribution < -0.4 is 15.6 Å². The minimum atomic E-state index is -3.52. The predicted octanol–water partition coefficient (Wildman–Crippen LogP) is 2.54. The maximum atomic E-state index is 12.4. The van der Waals surface area contributed by atoms with Gasteiger partial charge in [-0.25, -0.2) is 13.4 Å². The van der Waals surface area contributed by atoms with Crippen molar-refractivity contribution >= 4 is 39.0 Å². The third kappa shape index (κ3) is 5.18. The van der Waals surface area contributed by atoms with Crippen molar-refractivity contribution in [1.29, 1.82) is 0 Å². The zero-order valence-electron chi connectivity index (χ0n) is 15.5.